The molecule has 1 amide bonds. The van der Waals surface area contributed by atoms with E-state index in [-0.39, 0.29) is 24.4 Å². The molecule has 0 saturated heterocycles. The van der Waals surface area contributed by atoms with Crippen molar-refractivity contribution in [2.75, 3.05) is 6.54 Å². The zero-order valence-corrected chi connectivity index (χ0v) is 23.2. The number of nitrogens with one attached hydrogen (secondary N) is 2. The second kappa shape index (κ2) is 22.3. The highest BCUT2D eigenvalue weighted by Gasteiger charge is 2.20. The van der Waals surface area contributed by atoms with E-state index in [1.54, 1.807) is 6.92 Å². The van der Waals surface area contributed by atoms with Crippen LogP contribution in [0.5, 0.6) is 0 Å². The zero-order chi connectivity index (χ0) is 26.3. The van der Waals surface area contributed by atoms with Crippen LogP contribution >= 0.6 is 0 Å². The van der Waals surface area contributed by atoms with E-state index in [4.69, 9.17) is 5.11 Å². The van der Waals surface area contributed by atoms with Gasteiger partial charge in [-0.3, -0.25) is 9.59 Å². The summed E-state index contributed by atoms with van der Waals surface area (Å²) in [5.74, 6) is -1.02. The summed E-state index contributed by atoms with van der Waals surface area (Å²) in [6.07, 6.45) is 22.1. The predicted molar refractivity (Wildman–Crippen MR) is 151 cm³/mol. The van der Waals surface area contributed by atoms with Crippen LogP contribution in [0, 0.1) is 0 Å². The summed E-state index contributed by atoms with van der Waals surface area (Å²) in [6, 6.07) is 9.25. The molecule has 0 spiro atoms. The van der Waals surface area contributed by atoms with Gasteiger partial charge in [0, 0.05) is 6.04 Å². The fourth-order valence-electron chi connectivity index (χ4n) is 4.71. The maximum absolute atomic E-state index is 12.8. The Balaban J connectivity index is 2.11. The monoisotopic (exact) mass is 502 g/mol. The average Bonchev–Trinajstić information content (AvgIpc) is 2.85. The summed E-state index contributed by atoms with van der Waals surface area (Å²) >= 11 is 0. The zero-order valence-electron chi connectivity index (χ0n) is 23.2. The Morgan fingerprint density at radius 1 is 0.750 bits per heavy atom. The lowest BCUT2D eigenvalue weighted by Gasteiger charge is -2.21. The first-order valence-corrected chi connectivity index (χ1v) is 14.8. The van der Waals surface area contributed by atoms with Crippen LogP contribution in [0.3, 0.4) is 0 Å². The molecule has 0 heterocycles. The van der Waals surface area contributed by atoms with Crippen LogP contribution in [-0.4, -0.2) is 35.6 Å². The van der Waals surface area contributed by atoms with Crippen molar-refractivity contribution in [1.82, 2.24) is 10.6 Å². The topological polar surface area (TPSA) is 78.4 Å². The normalized spacial score (nSPS) is 12.8. The van der Waals surface area contributed by atoms with Crippen molar-refractivity contribution in [2.24, 2.45) is 0 Å². The van der Waals surface area contributed by atoms with Crippen molar-refractivity contribution in [1.29, 1.82) is 0 Å². The van der Waals surface area contributed by atoms with Gasteiger partial charge in [-0.2, -0.15) is 0 Å². The molecule has 1 unspecified atom stereocenters. The molecule has 1 aromatic carbocycles. The van der Waals surface area contributed by atoms with Crippen LogP contribution in [0.15, 0.2) is 30.3 Å². The predicted octanol–water partition coefficient (Wildman–Crippen LogP) is 7.43. The quantitative estimate of drug-likeness (QED) is 0.128. The van der Waals surface area contributed by atoms with Gasteiger partial charge in [-0.05, 0) is 31.9 Å². The van der Waals surface area contributed by atoms with E-state index in [0.29, 0.717) is 6.42 Å². The smallest absolute Gasteiger partial charge is 0.305 e. The molecule has 36 heavy (non-hydrogen) atoms. The largest absolute Gasteiger partial charge is 0.481 e. The second-order valence-corrected chi connectivity index (χ2v) is 10.5. The maximum atomic E-state index is 12.8. The van der Waals surface area contributed by atoms with E-state index in [9.17, 15) is 9.59 Å². The van der Waals surface area contributed by atoms with E-state index in [2.05, 4.69) is 17.6 Å². The summed E-state index contributed by atoms with van der Waals surface area (Å²) < 4.78 is 0. The second-order valence-electron chi connectivity index (χ2n) is 10.5. The van der Waals surface area contributed by atoms with Gasteiger partial charge in [0.15, 0.2) is 0 Å². The molecule has 5 heteroatoms. The summed E-state index contributed by atoms with van der Waals surface area (Å²) in [7, 11) is 0. The minimum atomic E-state index is -0.900. The molecule has 0 aliphatic carbocycles. The molecule has 5 nitrogen and oxygen atoms in total. The molecule has 1 rings (SSSR count). The summed E-state index contributed by atoms with van der Waals surface area (Å²) in [6.45, 7) is 4.82. The first-order valence-electron chi connectivity index (χ1n) is 14.8. The maximum Gasteiger partial charge on any atom is 0.305 e. The van der Waals surface area contributed by atoms with Gasteiger partial charge in [-0.1, -0.05) is 134 Å². The number of carbonyl (C=O) groups excluding carboxylic acids is 1. The molecule has 0 saturated carbocycles. The fourth-order valence-corrected chi connectivity index (χ4v) is 4.71. The van der Waals surface area contributed by atoms with Crippen LogP contribution in [0.4, 0.5) is 0 Å². The highest BCUT2D eigenvalue weighted by molar-refractivity contribution is 5.83. The van der Waals surface area contributed by atoms with Gasteiger partial charge in [-0.15, -0.1) is 0 Å². The number of carboxylic acid groups (broad SMARTS) is 1. The number of hydrogen-bond donors (Lipinski definition) is 3. The number of aliphatic carboxylic acids is 1. The molecule has 0 radical (unpaired) electrons. The number of benzene rings is 1. The molecule has 206 valence electrons. The Morgan fingerprint density at radius 2 is 1.22 bits per heavy atom. The molecule has 1 aromatic rings. The van der Waals surface area contributed by atoms with Crippen molar-refractivity contribution in [3.05, 3.63) is 35.9 Å². The van der Waals surface area contributed by atoms with Crippen LogP contribution in [-0.2, 0) is 16.0 Å². The number of carboxylic acids is 1. The van der Waals surface area contributed by atoms with E-state index in [1.807, 2.05) is 30.3 Å². The van der Waals surface area contributed by atoms with Gasteiger partial charge in [0.25, 0.3) is 0 Å². The van der Waals surface area contributed by atoms with Crippen LogP contribution in [0.1, 0.15) is 129 Å². The number of unbranched alkanes of at least 4 members (excludes halogenated alkanes) is 15. The molecular weight excluding hydrogens is 448 g/mol. The number of rotatable bonds is 24. The summed E-state index contributed by atoms with van der Waals surface area (Å²) in [5, 5.41) is 15.2. The highest BCUT2D eigenvalue weighted by Crippen LogP contribution is 2.14. The highest BCUT2D eigenvalue weighted by atomic mass is 16.4. The van der Waals surface area contributed by atoms with Crippen molar-refractivity contribution < 1.29 is 14.7 Å². The third-order valence-electron chi connectivity index (χ3n) is 6.89. The molecule has 0 aromatic heterocycles. The number of carbonyl (C=O) groups is 2. The lowest BCUT2D eigenvalue weighted by molar-refractivity contribution is -0.137. The number of hydrogen-bond acceptors (Lipinski definition) is 3. The van der Waals surface area contributed by atoms with E-state index >= 15 is 0 Å². The molecule has 0 fully saturated rings. The third-order valence-corrected chi connectivity index (χ3v) is 6.89. The standard InChI is InChI=1S/C31H54N2O3/c1-3-4-5-6-7-8-9-10-11-12-13-14-15-16-17-21-24-32-29(26-28-22-19-18-20-23-28)31(36)33-27(2)25-30(34)35/h18-20,22-23,27,29,32H,3-17,21,24-26H2,1-2H3,(H,33,36)(H,34,35)/t27?,29-/m1/s1. The van der Waals surface area contributed by atoms with E-state index in [1.165, 1.54) is 96.3 Å². The van der Waals surface area contributed by atoms with E-state index in [0.717, 1.165) is 18.5 Å². The van der Waals surface area contributed by atoms with Crippen molar-refractivity contribution in [3.63, 3.8) is 0 Å². The Labute approximate surface area is 221 Å². The van der Waals surface area contributed by atoms with Crippen molar-refractivity contribution in [3.8, 4) is 0 Å². The molecule has 0 bridgehead atoms. The Morgan fingerprint density at radius 3 is 1.69 bits per heavy atom. The van der Waals surface area contributed by atoms with E-state index < -0.39 is 5.97 Å². The first kappa shape index (κ1) is 32.1. The molecular formula is C31H54N2O3. The summed E-state index contributed by atoms with van der Waals surface area (Å²) in [5.41, 5.74) is 1.10. The van der Waals surface area contributed by atoms with Gasteiger partial charge < -0.3 is 15.7 Å². The van der Waals surface area contributed by atoms with Gasteiger partial charge in [-0.25, -0.2) is 0 Å². The Bertz CT molecular complexity index is 665. The van der Waals surface area contributed by atoms with Crippen molar-refractivity contribution >= 4 is 11.9 Å². The molecule has 3 N–H and O–H groups in total. The Kier molecular flexibility index (Phi) is 19.9. The minimum Gasteiger partial charge on any atom is -0.481 e. The number of amides is 1. The first-order chi connectivity index (χ1) is 17.5. The van der Waals surface area contributed by atoms with Crippen LogP contribution in [0.2, 0.25) is 0 Å². The van der Waals surface area contributed by atoms with Crippen LogP contribution in [0.25, 0.3) is 0 Å². The summed E-state index contributed by atoms with van der Waals surface area (Å²) in [4.78, 5) is 23.7. The Hall–Kier alpha value is -1.88. The lowest BCUT2D eigenvalue weighted by atomic mass is 10.0. The fraction of sp³-hybridized carbons (Fsp3) is 0.742. The minimum absolute atomic E-state index is 0.0665. The van der Waals surface area contributed by atoms with Gasteiger partial charge in [0.05, 0.1) is 12.5 Å². The van der Waals surface area contributed by atoms with Crippen LogP contribution < -0.4 is 10.6 Å². The van der Waals surface area contributed by atoms with Gasteiger partial charge in [0.2, 0.25) is 5.91 Å². The van der Waals surface area contributed by atoms with Gasteiger partial charge in [0.1, 0.15) is 0 Å². The average molecular weight is 503 g/mol. The van der Waals surface area contributed by atoms with Crippen molar-refractivity contribution in [2.45, 2.75) is 142 Å². The van der Waals surface area contributed by atoms with Gasteiger partial charge >= 0.3 is 5.97 Å². The SMILES string of the molecule is CCCCCCCCCCCCCCCCCCN[C@H](Cc1ccccc1)C(=O)NC(C)CC(=O)O. The molecule has 0 aliphatic rings. The molecule has 0 aliphatic heterocycles. The lowest BCUT2D eigenvalue weighted by Crippen LogP contribution is -2.48. The molecule has 2 atom stereocenters. The third kappa shape index (κ3) is 18.4.